The van der Waals surface area contributed by atoms with Gasteiger partial charge >= 0.3 is 5.63 Å². The minimum absolute atomic E-state index is 0.0155. The van der Waals surface area contributed by atoms with Crippen LogP contribution in [-0.2, 0) is 0 Å². The largest absolute Gasteiger partial charge is 0.422 e. The number of aryl methyl sites for hydroxylation is 1. The lowest BCUT2D eigenvalue weighted by atomic mass is 10.0. The van der Waals surface area contributed by atoms with Crippen molar-refractivity contribution in [2.75, 3.05) is 13.1 Å². The third kappa shape index (κ3) is 3.82. The van der Waals surface area contributed by atoms with Crippen molar-refractivity contribution in [1.82, 2.24) is 4.90 Å². The second-order valence-corrected chi connectivity index (χ2v) is 7.08. The molecule has 124 valence electrons. The van der Waals surface area contributed by atoms with E-state index < -0.39 is 17.1 Å². The number of likely N-dealkylation sites (N-methyl/N-ethyl adjacent to an activating group) is 1. The van der Waals surface area contributed by atoms with Gasteiger partial charge in [-0.05, 0) is 51.5 Å². The van der Waals surface area contributed by atoms with Crippen LogP contribution in [0.3, 0.4) is 0 Å². The molecule has 6 heteroatoms. The summed E-state index contributed by atoms with van der Waals surface area (Å²) in [7, 11) is 0. The highest BCUT2D eigenvalue weighted by molar-refractivity contribution is 9.10. The minimum atomic E-state index is -1.04. The quantitative estimate of drug-likeness (QED) is 0.825. The lowest BCUT2D eigenvalue weighted by Gasteiger charge is -2.28. The van der Waals surface area contributed by atoms with Crippen LogP contribution in [0.25, 0.3) is 11.0 Å². The molecule has 5 nitrogen and oxygen atoms in total. The third-order valence-corrected chi connectivity index (χ3v) is 4.08. The normalized spacial score (nSPS) is 11.7. The van der Waals surface area contributed by atoms with Crippen molar-refractivity contribution in [3.05, 3.63) is 44.2 Å². The van der Waals surface area contributed by atoms with Crippen molar-refractivity contribution in [1.29, 1.82) is 0 Å². The Morgan fingerprint density at radius 2 is 2.04 bits per heavy atom. The van der Waals surface area contributed by atoms with E-state index in [2.05, 4.69) is 15.9 Å². The molecule has 0 unspecified atom stereocenters. The van der Waals surface area contributed by atoms with Crippen LogP contribution in [0.15, 0.2) is 31.9 Å². The van der Waals surface area contributed by atoms with Crippen LogP contribution in [0.2, 0.25) is 0 Å². The first-order valence-corrected chi connectivity index (χ1v) is 8.18. The van der Waals surface area contributed by atoms with E-state index in [4.69, 9.17) is 4.42 Å². The van der Waals surface area contributed by atoms with E-state index in [0.29, 0.717) is 23.1 Å². The first-order valence-electron chi connectivity index (χ1n) is 7.38. The maximum absolute atomic E-state index is 12.8. The van der Waals surface area contributed by atoms with Gasteiger partial charge < -0.3 is 14.4 Å². The number of hydrogen-bond donors (Lipinski definition) is 1. The Bertz CT molecular complexity index is 805. The predicted molar refractivity (Wildman–Crippen MR) is 92.8 cm³/mol. The Labute approximate surface area is 143 Å². The number of fused-ring (bicyclic) bond motifs is 1. The van der Waals surface area contributed by atoms with E-state index in [1.807, 2.05) is 6.07 Å². The van der Waals surface area contributed by atoms with Gasteiger partial charge in [0.15, 0.2) is 0 Å². The average Bonchev–Trinajstić information content (AvgIpc) is 2.44. The van der Waals surface area contributed by atoms with Gasteiger partial charge in [-0.3, -0.25) is 4.79 Å². The number of amides is 1. The highest BCUT2D eigenvalue weighted by atomic mass is 79.9. The van der Waals surface area contributed by atoms with Crippen molar-refractivity contribution in [3.8, 4) is 0 Å². The van der Waals surface area contributed by atoms with Gasteiger partial charge in [0.1, 0.15) is 11.1 Å². The first-order chi connectivity index (χ1) is 10.6. The van der Waals surface area contributed by atoms with Crippen LogP contribution in [-0.4, -0.2) is 34.6 Å². The third-order valence-electron chi connectivity index (χ3n) is 3.59. The summed E-state index contributed by atoms with van der Waals surface area (Å²) in [5, 5.41) is 10.7. The fourth-order valence-electron chi connectivity index (χ4n) is 2.52. The molecule has 0 aliphatic rings. The van der Waals surface area contributed by atoms with Gasteiger partial charge in [-0.15, -0.1) is 0 Å². The molecule has 1 heterocycles. The summed E-state index contributed by atoms with van der Waals surface area (Å²) in [6.45, 7) is 7.30. The molecule has 0 bridgehead atoms. The van der Waals surface area contributed by atoms with E-state index in [-0.39, 0.29) is 12.1 Å². The summed E-state index contributed by atoms with van der Waals surface area (Å²) in [6, 6.07) is 5.28. The van der Waals surface area contributed by atoms with Crippen LogP contribution in [0.4, 0.5) is 0 Å². The van der Waals surface area contributed by atoms with Gasteiger partial charge in [0, 0.05) is 22.9 Å². The SMILES string of the molecule is CCN(CC(C)(C)O)C(=O)c1c(C)c2cc(Br)ccc2oc1=O. The Balaban J connectivity index is 2.58. The topological polar surface area (TPSA) is 70.8 Å². The highest BCUT2D eigenvalue weighted by Crippen LogP contribution is 2.24. The molecule has 0 radical (unpaired) electrons. The number of aliphatic hydroxyl groups is 1. The predicted octanol–water partition coefficient (Wildman–Crippen LogP) is 3.10. The molecular weight excluding hydrogens is 362 g/mol. The maximum Gasteiger partial charge on any atom is 0.349 e. The van der Waals surface area contributed by atoms with E-state index in [1.165, 1.54) is 4.90 Å². The summed E-state index contributed by atoms with van der Waals surface area (Å²) < 4.78 is 6.13. The van der Waals surface area contributed by atoms with Crippen molar-refractivity contribution in [2.45, 2.75) is 33.3 Å². The van der Waals surface area contributed by atoms with Gasteiger partial charge in [-0.25, -0.2) is 4.79 Å². The first kappa shape index (κ1) is 17.7. The molecule has 1 aromatic heterocycles. The van der Waals surface area contributed by atoms with E-state index in [1.54, 1.807) is 39.8 Å². The van der Waals surface area contributed by atoms with E-state index in [9.17, 15) is 14.7 Å². The Morgan fingerprint density at radius 1 is 1.39 bits per heavy atom. The molecule has 0 atom stereocenters. The average molecular weight is 382 g/mol. The van der Waals surface area contributed by atoms with Gasteiger partial charge in [0.2, 0.25) is 0 Å². The van der Waals surface area contributed by atoms with Crippen LogP contribution in [0.5, 0.6) is 0 Å². The fraction of sp³-hybridized carbons (Fsp3) is 0.412. The zero-order valence-electron chi connectivity index (χ0n) is 13.6. The molecule has 0 spiro atoms. The maximum atomic E-state index is 12.8. The second-order valence-electron chi connectivity index (χ2n) is 6.16. The molecule has 23 heavy (non-hydrogen) atoms. The second kappa shape index (κ2) is 6.45. The molecule has 1 amide bonds. The van der Waals surface area contributed by atoms with Crippen molar-refractivity contribution in [2.24, 2.45) is 0 Å². The highest BCUT2D eigenvalue weighted by Gasteiger charge is 2.26. The minimum Gasteiger partial charge on any atom is -0.422 e. The number of carbonyl (C=O) groups excluding carboxylic acids is 1. The summed E-state index contributed by atoms with van der Waals surface area (Å²) in [4.78, 5) is 26.5. The van der Waals surface area contributed by atoms with E-state index >= 15 is 0 Å². The molecule has 0 saturated heterocycles. The summed E-state index contributed by atoms with van der Waals surface area (Å²) in [5.41, 5.74) is -0.660. The molecule has 0 aliphatic carbocycles. The number of halogens is 1. The number of hydrogen-bond acceptors (Lipinski definition) is 4. The lowest BCUT2D eigenvalue weighted by molar-refractivity contribution is 0.0312. The monoisotopic (exact) mass is 381 g/mol. The zero-order valence-corrected chi connectivity index (χ0v) is 15.2. The summed E-state index contributed by atoms with van der Waals surface area (Å²) >= 11 is 3.38. The molecule has 1 aromatic carbocycles. The van der Waals surface area contributed by atoms with Gasteiger partial charge in [-0.2, -0.15) is 0 Å². The standard InChI is InChI=1S/C17H20BrNO4/c1-5-19(9-17(3,4)22)15(20)14-10(2)12-8-11(18)6-7-13(12)23-16(14)21/h6-8,22H,5,9H2,1-4H3. The molecule has 0 aliphatic heterocycles. The smallest absolute Gasteiger partial charge is 0.349 e. The number of rotatable bonds is 4. The molecule has 2 rings (SSSR count). The van der Waals surface area contributed by atoms with Crippen molar-refractivity contribution >= 4 is 32.8 Å². The fourth-order valence-corrected chi connectivity index (χ4v) is 2.88. The van der Waals surface area contributed by atoms with Gasteiger partial charge in [0.25, 0.3) is 5.91 Å². The summed E-state index contributed by atoms with van der Waals surface area (Å²) in [5.74, 6) is -0.428. The molecule has 1 N–H and O–H groups in total. The molecule has 2 aromatic rings. The number of carbonyl (C=O) groups is 1. The summed E-state index contributed by atoms with van der Waals surface area (Å²) in [6.07, 6.45) is 0. The van der Waals surface area contributed by atoms with Crippen LogP contribution >= 0.6 is 15.9 Å². The van der Waals surface area contributed by atoms with Crippen LogP contribution in [0.1, 0.15) is 36.7 Å². The van der Waals surface area contributed by atoms with Crippen LogP contribution < -0.4 is 5.63 Å². The Morgan fingerprint density at radius 3 is 2.61 bits per heavy atom. The molecule has 0 fully saturated rings. The molecule has 0 saturated carbocycles. The Kier molecular flexibility index (Phi) is 4.96. The van der Waals surface area contributed by atoms with Crippen molar-refractivity contribution < 1.29 is 14.3 Å². The lowest BCUT2D eigenvalue weighted by Crippen LogP contribution is -2.43. The Hall–Kier alpha value is -1.66. The van der Waals surface area contributed by atoms with E-state index in [0.717, 1.165) is 4.47 Å². The molecular formula is C17H20BrNO4. The van der Waals surface area contributed by atoms with Gasteiger partial charge in [0.05, 0.1) is 5.60 Å². The zero-order chi connectivity index (χ0) is 17.4. The number of benzene rings is 1. The van der Waals surface area contributed by atoms with Crippen LogP contribution in [0, 0.1) is 6.92 Å². The van der Waals surface area contributed by atoms with Gasteiger partial charge in [-0.1, -0.05) is 15.9 Å². The van der Waals surface area contributed by atoms with Crippen molar-refractivity contribution in [3.63, 3.8) is 0 Å². The number of nitrogens with zero attached hydrogens (tertiary/aromatic N) is 1.